The van der Waals surface area contributed by atoms with Crippen molar-refractivity contribution in [1.82, 2.24) is 30.1 Å². The van der Waals surface area contributed by atoms with Gasteiger partial charge in [0.2, 0.25) is 5.88 Å². The largest absolute Gasteiger partial charge is 0.474 e. The van der Waals surface area contributed by atoms with E-state index in [1.165, 1.54) is 0 Å². The van der Waals surface area contributed by atoms with E-state index in [1.807, 2.05) is 39.2 Å². The SMILES string of the molecule is Cc1cnc2[nH]cc(Cc3cn[c]nc3-c3cc(OC(C)C)n[nH]3)c2c1. The molecule has 0 aliphatic heterocycles. The molecule has 7 nitrogen and oxygen atoms in total. The van der Waals surface area contributed by atoms with Crippen LogP contribution in [0.25, 0.3) is 22.4 Å². The van der Waals surface area contributed by atoms with E-state index in [0.29, 0.717) is 12.3 Å². The molecule has 131 valence electrons. The predicted octanol–water partition coefficient (Wildman–Crippen LogP) is 3.23. The van der Waals surface area contributed by atoms with Crippen molar-refractivity contribution in [1.29, 1.82) is 0 Å². The van der Waals surface area contributed by atoms with Gasteiger partial charge in [-0.25, -0.2) is 15.0 Å². The van der Waals surface area contributed by atoms with Gasteiger partial charge in [0.25, 0.3) is 0 Å². The van der Waals surface area contributed by atoms with Gasteiger partial charge < -0.3 is 9.72 Å². The van der Waals surface area contributed by atoms with E-state index in [9.17, 15) is 0 Å². The maximum absolute atomic E-state index is 5.62. The second-order valence-electron chi connectivity index (χ2n) is 6.53. The molecule has 2 N–H and O–H groups in total. The fraction of sp³-hybridized carbons (Fsp3) is 0.263. The number of hydrogen-bond donors (Lipinski definition) is 2. The number of aromatic amines is 2. The summed E-state index contributed by atoms with van der Waals surface area (Å²) in [6.45, 7) is 5.96. The number of pyridine rings is 1. The first-order valence-corrected chi connectivity index (χ1v) is 8.47. The van der Waals surface area contributed by atoms with Crippen molar-refractivity contribution in [3.8, 4) is 17.3 Å². The van der Waals surface area contributed by atoms with Crippen LogP contribution < -0.4 is 4.74 Å². The molecule has 0 spiro atoms. The number of ether oxygens (including phenoxy) is 1. The highest BCUT2D eigenvalue weighted by Gasteiger charge is 2.14. The molecule has 0 aliphatic carbocycles. The fourth-order valence-electron chi connectivity index (χ4n) is 2.92. The second-order valence-corrected chi connectivity index (χ2v) is 6.53. The summed E-state index contributed by atoms with van der Waals surface area (Å²) in [6, 6.07) is 3.98. The lowest BCUT2D eigenvalue weighted by atomic mass is 10.0. The van der Waals surface area contributed by atoms with E-state index in [0.717, 1.165) is 39.1 Å². The molecule has 0 bridgehead atoms. The molecule has 0 fully saturated rings. The van der Waals surface area contributed by atoms with Gasteiger partial charge in [-0.15, -0.1) is 5.10 Å². The standard InChI is InChI=1S/C19H19N6O/c1-11(2)26-17-6-16(24-25-17)18-14(8-20-10-23-18)5-13-9-22-19-15(13)4-12(3)7-21-19/h4,6-9,11H,5H2,1-3H3,(H,21,22)(H,24,25). The Bertz CT molecular complexity index is 1050. The van der Waals surface area contributed by atoms with Gasteiger partial charge in [0, 0.05) is 42.0 Å². The van der Waals surface area contributed by atoms with E-state index >= 15 is 0 Å². The van der Waals surface area contributed by atoms with Gasteiger partial charge in [-0.1, -0.05) is 0 Å². The normalized spacial score (nSPS) is 11.4. The Balaban J connectivity index is 1.69. The number of fused-ring (bicyclic) bond motifs is 1. The summed E-state index contributed by atoms with van der Waals surface area (Å²) in [6.07, 6.45) is 9.03. The summed E-state index contributed by atoms with van der Waals surface area (Å²) >= 11 is 0. The number of aromatic nitrogens is 6. The molecular weight excluding hydrogens is 328 g/mol. The third kappa shape index (κ3) is 3.15. The molecule has 4 heterocycles. The Hall–Kier alpha value is -3.22. The lowest BCUT2D eigenvalue weighted by Crippen LogP contribution is -2.05. The molecule has 4 aromatic heterocycles. The molecular formula is C19H19N6O. The number of rotatable bonds is 5. The van der Waals surface area contributed by atoms with Crippen LogP contribution in [-0.4, -0.2) is 36.2 Å². The Labute approximate surface area is 150 Å². The summed E-state index contributed by atoms with van der Waals surface area (Å²) in [5.41, 5.74) is 5.67. The average Bonchev–Trinajstić information content (AvgIpc) is 3.22. The Morgan fingerprint density at radius 2 is 2.08 bits per heavy atom. The van der Waals surface area contributed by atoms with Crippen LogP contribution in [0.3, 0.4) is 0 Å². The van der Waals surface area contributed by atoms with Crippen LogP contribution in [0.5, 0.6) is 5.88 Å². The van der Waals surface area contributed by atoms with Gasteiger partial charge >= 0.3 is 0 Å². The van der Waals surface area contributed by atoms with Crippen molar-refractivity contribution in [2.75, 3.05) is 0 Å². The molecule has 4 aromatic rings. The van der Waals surface area contributed by atoms with Gasteiger partial charge in [0.1, 0.15) is 5.65 Å². The molecule has 0 saturated heterocycles. The molecule has 0 aromatic carbocycles. The zero-order valence-corrected chi connectivity index (χ0v) is 14.9. The third-order valence-electron chi connectivity index (χ3n) is 4.04. The topological polar surface area (TPSA) is 92.4 Å². The van der Waals surface area contributed by atoms with E-state index in [1.54, 1.807) is 6.20 Å². The van der Waals surface area contributed by atoms with Gasteiger partial charge in [-0.3, -0.25) is 5.10 Å². The molecule has 1 radical (unpaired) electrons. The maximum atomic E-state index is 5.62. The summed E-state index contributed by atoms with van der Waals surface area (Å²) in [4.78, 5) is 16.1. The van der Waals surface area contributed by atoms with Crippen LogP contribution >= 0.6 is 0 Å². The van der Waals surface area contributed by atoms with Crippen molar-refractivity contribution in [2.45, 2.75) is 33.3 Å². The number of nitrogens with zero attached hydrogens (tertiary/aromatic N) is 4. The first-order valence-electron chi connectivity index (χ1n) is 8.47. The highest BCUT2D eigenvalue weighted by Crippen LogP contribution is 2.26. The zero-order valence-electron chi connectivity index (χ0n) is 14.9. The first kappa shape index (κ1) is 16.3. The van der Waals surface area contributed by atoms with Crippen LogP contribution in [-0.2, 0) is 6.42 Å². The Morgan fingerprint density at radius 3 is 2.92 bits per heavy atom. The number of aryl methyl sites for hydroxylation is 1. The highest BCUT2D eigenvalue weighted by atomic mass is 16.5. The minimum absolute atomic E-state index is 0.0598. The van der Waals surface area contributed by atoms with E-state index in [4.69, 9.17) is 4.74 Å². The molecule has 26 heavy (non-hydrogen) atoms. The van der Waals surface area contributed by atoms with Gasteiger partial charge in [0.15, 0.2) is 6.33 Å². The number of hydrogen-bond acceptors (Lipinski definition) is 5. The van der Waals surface area contributed by atoms with Crippen LogP contribution in [0.4, 0.5) is 0 Å². The van der Waals surface area contributed by atoms with Gasteiger partial charge in [-0.05, 0) is 38.0 Å². The zero-order chi connectivity index (χ0) is 18.1. The summed E-state index contributed by atoms with van der Waals surface area (Å²) < 4.78 is 5.62. The van der Waals surface area contributed by atoms with Crippen molar-refractivity contribution < 1.29 is 4.74 Å². The van der Waals surface area contributed by atoms with Crippen LogP contribution in [0.2, 0.25) is 0 Å². The molecule has 4 rings (SSSR count). The first-order chi connectivity index (χ1) is 12.6. The maximum Gasteiger partial charge on any atom is 0.233 e. The van der Waals surface area contributed by atoms with Crippen molar-refractivity contribution in [3.05, 3.63) is 53.7 Å². The van der Waals surface area contributed by atoms with Gasteiger partial charge in [0.05, 0.1) is 17.5 Å². The third-order valence-corrected chi connectivity index (χ3v) is 4.04. The summed E-state index contributed by atoms with van der Waals surface area (Å²) in [5.74, 6) is 0.548. The average molecular weight is 347 g/mol. The Morgan fingerprint density at radius 1 is 1.19 bits per heavy atom. The minimum atomic E-state index is 0.0598. The van der Waals surface area contributed by atoms with Crippen LogP contribution in [0, 0.1) is 13.3 Å². The molecule has 0 saturated carbocycles. The van der Waals surface area contributed by atoms with Crippen LogP contribution in [0.15, 0.2) is 30.7 Å². The fourth-order valence-corrected chi connectivity index (χ4v) is 2.92. The van der Waals surface area contributed by atoms with E-state index in [-0.39, 0.29) is 6.10 Å². The lowest BCUT2D eigenvalue weighted by Gasteiger charge is -2.06. The van der Waals surface area contributed by atoms with E-state index < -0.39 is 0 Å². The highest BCUT2D eigenvalue weighted by molar-refractivity contribution is 5.81. The molecule has 0 amide bonds. The molecule has 0 unspecified atom stereocenters. The molecule has 7 heteroatoms. The summed E-state index contributed by atoms with van der Waals surface area (Å²) in [5, 5.41) is 8.29. The molecule has 0 aliphatic rings. The summed E-state index contributed by atoms with van der Waals surface area (Å²) in [7, 11) is 0. The Kier molecular flexibility index (Phi) is 4.12. The van der Waals surface area contributed by atoms with Crippen molar-refractivity contribution in [3.63, 3.8) is 0 Å². The number of H-pyrrole nitrogens is 2. The van der Waals surface area contributed by atoms with E-state index in [2.05, 4.69) is 42.5 Å². The van der Waals surface area contributed by atoms with Crippen LogP contribution in [0.1, 0.15) is 30.5 Å². The van der Waals surface area contributed by atoms with Gasteiger partial charge in [-0.2, -0.15) is 0 Å². The number of nitrogens with one attached hydrogen (secondary N) is 2. The second kappa shape index (κ2) is 6.59. The quantitative estimate of drug-likeness (QED) is 0.578. The smallest absolute Gasteiger partial charge is 0.233 e. The predicted molar refractivity (Wildman–Crippen MR) is 97.9 cm³/mol. The monoisotopic (exact) mass is 347 g/mol. The lowest BCUT2D eigenvalue weighted by molar-refractivity contribution is 0.232. The minimum Gasteiger partial charge on any atom is -0.474 e. The molecule has 0 atom stereocenters. The van der Waals surface area contributed by atoms with Crippen molar-refractivity contribution in [2.24, 2.45) is 0 Å². The van der Waals surface area contributed by atoms with Crippen molar-refractivity contribution >= 4 is 11.0 Å².